The summed E-state index contributed by atoms with van der Waals surface area (Å²) in [6, 6.07) is 0. The number of hydrogen-bond donors (Lipinski definition) is 1. The summed E-state index contributed by atoms with van der Waals surface area (Å²) in [6.07, 6.45) is 2.36. The second-order valence-electron chi connectivity index (χ2n) is 4.17. The zero-order chi connectivity index (χ0) is 9.61. The van der Waals surface area contributed by atoms with Gasteiger partial charge in [0.2, 0.25) is 0 Å². The van der Waals surface area contributed by atoms with Gasteiger partial charge in [-0.2, -0.15) is 0 Å². The number of ether oxygens (including phenoxy) is 1. The molecule has 0 aromatic rings. The molecule has 0 amide bonds. The lowest BCUT2D eigenvalue weighted by atomic mass is 9.96. The van der Waals surface area contributed by atoms with Crippen LogP contribution in [0.2, 0.25) is 0 Å². The van der Waals surface area contributed by atoms with Crippen LogP contribution in [0.1, 0.15) is 33.6 Å². The first-order chi connectivity index (χ1) is 5.52. The molecule has 0 aromatic heterocycles. The summed E-state index contributed by atoms with van der Waals surface area (Å²) >= 11 is 0. The molecular weight excluding hydrogens is 150 g/mol. The van der Waals surface area contributed by atoms with E-state index in [9.17, 15) is 0 Å². The number of methoxy groups -OCH3 is 1. The third kappa shape index (κ3) is 5.56. The lowest BCUT2D eigenvalue weighted by Crippen LogP contribution is -2.25. The van der Waals surface area contributed by atoms with Gasteiger partial charge in [-0.25, -0.2) is 0 Å². The van der Waals surface area contributed by atoms with Gasteiger partial charge >= 0.3 is 0 Å². The molecule has 2 heteroatoms. The molecular formula is C10H23NO. The van der Waals surface area contributed by atoms with Crippen LogP contribution < -0.4 is 5.32 Å². The van der Waals surface area contributed by atoms with Crippen molar-refractivity contribution in [1.82, 2.24) is 5.32 Å². The minimum absolute atomic E-state index is 0.0437. The molecule has 0 saturated carbocycles. The van der Waals surface area contributed by atoms with Crippen LogP contribution in [0.25, 0.3) is 0 Å². The number of rotatable bonds is 6. The predicted molar refractivity (Wildman–Crippen MR) is 53.4 cm³/mol. The maximum absolute atomic E-state index is 5.35. The molecule has 0 radical (unpaired) electrons. The maximum atomic E-state index is 5.35. The van der Waals surface area contributed by atoms with Gasteiger partial charge < -0.3 is 10.1 Å². The van der Waals surface area contributed by atoms with Crippen molar-refractivity contribution in [1.29, 1.82) is 0 Å². The highest BCUT2D eigenvalue weighted by Crippen LogP contribution is 2.18. The van der Waals surface area contributed by atoms with Crippen molar-refractivity contribution in [2.45, 2.75) is 39.2 Å². The average Bonchev–Trinajstić information content (AvgIpc) is 2.02. The fraction of sp³-hybridized carbons (Fsp3) is 1.00. The highest BCUT2D eigenvalue weighted by molar-refractivity contribution is 4.69. The predicted octanol–water partition coefficient (Wildman–Crippen LogP) is 2.05. The van der Waals surface area contributed by atoms with Crippen LogP contribution in [0.5, 0.6) is 0 Å². The van der Waals surface area contributed by atoms with Crippen molar-refractivity contribution < 1.29 is 4.74 Å². The van der Waals surface area contributed by atoms with E-state index in [1.807, 2.05) is 7.05 Å². The molecule has 1 N–H and O–H groups in total. The van der Waals surface area contributed by atoms with Gasteiger partial charge in [0, 0.05) is 7.11 Å². The fourth-order valence-electron chi connectivity index (χ4n) is 1.15. The van der Waals surface area contributed by atoms with E-state index in [2.05, 4.69) is 26.1 Å². The number of hydrogen-bond acceptors (Lipinski definition) is 2. The van der Waals surface area contributed by atoms with E-state index < -0.39 is 0 Å². The van der Waals surface area contributed by atoms with Crippen LogP contribution in [-0.2, 0) is 4.74 Å². The lowest BCUT2D eigenvalue weighted by molar-refractivity contribution is 0.0109. The van der Waals surface area contributed by atoms with E-state index in [-0.39, 0.29) is 5.60 Å². The maximum Gasteiger partial charge on any atom is 0.0622 e. The van der Waals surface area contributed by atoms with E-state index in [4.69, 9.17) is 4.74 Å². The van der Waals surface area contributed by atoms with Crippen molar-refractivity contribution in [3.63, 3.8) is 0 Å². The minimum atomic E-state index is 0.0437. The molecule has 2 nitrogen and oxygen atoms in total. The Morgan fingerprint density at radius 2 is 2.00 bits per heavy atom. The van der Waals surface area contributed by atoms with Gasteiger partial charge in [-0.3, -0.25) is 0 Å². The summed E-state index contributed by atoms with van der Waals surface area (Å²) in [4.78, 5) is 0. The number of nitrogens with one attached hydrogen (secondary N) is 1. The van der Waals surface area contributed by atoms with E-state index >= 15 is 0 Å². The zero-order valence-corrected chi connectivity index (χ0v) is 9.11. The molecule has 12 heavy (non-hydrogen) atoms. The van der Waals surface area contributed by atoms with Crippen molar-refractivity contribution in [2.24, 2.45) is 5.92 Å². The Morgan fingerprint density at radius 1 is 1.42 bits per heavy atom. The molecule has 0 spiro atoms. The smallest absolute Gasteiger partial charge is 0.0622 e. The Bertz CT molecular complexity index is 112. The van der Waals surface area contributed by atoms with Crippen LogP contribution in [0.15, 0.2) is 0 Å². The molecule has 0 saturated heterocycles. The molecule has 74 valence electrons. The third-order valence-electron chi connectivity index (χ3n) is 2.34. The molecule has 1 atom stereocenters. The fourth-order valence-corrected chi connectivity index (χ4v) is 1.15. The van der Waals surface area contributed by atoms with Crippen molar-refractivity contribution >= 4 is 0 Å². The Hall–Kier alpha value is -0.0800. The quantitative estimate of drug-likeness (QED) is 0.663. The Balaban J connectivity index is 3.52. The van der Waals surface area contributed by atoms with Crippen LogP contribution in [-0.4, -0.2) is 26.3 Å². The summed E-state index contributed by atoms with van der Waals surface area (Å²) in [5.41, 5.74) is 0.0437. The Morgan fingerprint density at radius 3 is 2.42 bits per heavy atom. The molecule has 1 unspecified atom stereocenters. The standard InChI is InChI=1S/C10H23NO/c1-9(8-11-4)6-7-10(2,3)12-5/h9,11H,6-8H2,1-5H3. The first-order valence-electron chi connectivity index (χ1n) is 4.71. The zero-order valence-electron chi connectivity index (χ0n) is 9.11. The van der Waals surface area contributed by atoms with Crippen molar-refractivity contribution in [2.75, 3.05) is 20.7 Å². The normalized spacial score (nSPS) is 14.8. The Labute approximate surface area is 76.7 Å². The van der Waals surface area contributed by atoms with Gasteiger partial charge in [0.05, 0.1) is 5.60 Å². The average molecular weight is 173 g/mol. The molecule has 0 aromatic carbocycles. The van der Waals surface area contributed by atoms with Crippen LogP contribution in [0.3, 0.4) is 0 Å². The van der Waals surface area contributed by atoms with Crippen LogP contribution >= 0.6 is 0 Å². The molecule has 0 bridgehead atoms. The van der Waals surface area contributed by atoms with E-state index in [0.717, 1.165) is 18.9 Å². The third-order valence-corrected chi connectivity index (χ3v) is 2.34. The van der Waals surface area contributed by atoms with Gasteiger partial charge in [0.25, 0.3) is 0 Å². The van der Waals surface area contributed by atoms with Crippen molar-refractivity contribution in [3.8, 4) is 0 Å². The molecule has 0 heterocycles. The molecule has 0 aliphatic carbocycles. The van der Waals surface area contributed by atoms with E-state index in [1.165, 1.54) is 6.42 Å². The topological polar surface area (TPSA) is 21.3 Å². The molecule has 0 rings (SSSR count). The van der Waals surface area contributed by atoms with Gasteiger partial charge in [-0.05, 0) is 46.2 Å². The highest BCUT2D eigenvalue weighted by atomic mass is 16.5. The summed E-state index contributed by atoms with van der Waals surface area (Å²) in [5.74, 6) is 0.740. The monoisotopic (exact) mass is 173 g/mol. The largest absolute Gasteiger partial charge is 0.379 e. The lowest BCUT2D eigenvalue weighted by Gasteiger charge is -2.24. The second-order valence-corrected chi connectivity index (χ2v) is 4.17. The highest BCUT2D eigenvalue weighted by Gasteiger charge is 2.16. The van der Waals surface area contributed by atoms with E-state index in [0.29, 0.717) is 0 Å². The van der Waals surface area contributed by atoms with Gasteiger partial charge in [0.15, 0.2) is 0 Å². The summed E-state index contributed by atoms with van der Waals surface area (Å²) in [7, 11) is 3.78. The van der Waals surface area contributed by atoms with Gasteiger partial charge in [-0.15, -0.1) is 0 Å². The molecule has 0 aliphatic heterocycles. The summed E-state index contributed by atoms with van der Waals surface area (Å²) in [5, 5.41) is 3.18. The van der Waals surface area contributed by atoms with Gasteiger partial charge in [-0.1, -0.05) is 6.92 Å². The molecule has 0 fully saturated rings. The molecule has 0 aliphatic rings. The first kappa shape index (κ1) is 11.9. The second kappa shape index (κ2) is 5.55. The van der Waals surface area contributed by atoms with Crippen LogP contribution in [0, 0.1) is 5.92 Å². The summed E-state index contributed by atoms with van der Waals surface area (Å²) in [6.45, 7) is 7.64. The van der Waals surface area contributed by atoms with E-state index in [1.54, 1.807) is 7.11 Å². The summed E-state index contributed by atoms with van der Waals surface area (Å²) < 4.78 is 5.35. The SMILES string of the molecule is CNCC(C)CCC(C)(C)OC. The Kier molecular flexibility index (Phi) is 5.51. The van der Waals surface area contributed by atoms with Crippen LogP contribution in [0.4, 0.5) is 0 Å². The minimum Gasteiger partial charge on any atom is -0.379 e. The van der Waals surface area contributed by atoms with Crippen molar-refractivity contribution in [3.05, 3.63) is 0 Å². The van der Waals surface area contributed by atoms with Gasteiger partial charge in [0.1, 0.15) is 0 Å². The first-order valence-corrected chi connectivity index (χ1v) is 4.71.